The summed E-state index contributed by atoms with van der Waals surface area (Å²) in [7, 11) is 0. The summed E-state index contributed by atoms with van der Waals surface area (Å²) < 4.78 is 5.45. The summed E-state index contributed by atoms with van der Waals surface area (Å²) >= 11 is 0. The molecule has 0 atom stereocenters. The fraction of sp³-hybridized carbons (Fsp3) is 0.500. The normalized spacial score (nSPS) is 17.9. The van der Waals surface area contributed by atoms with Crippen molar-refractivity contribution in [2.24, 2.45) is 26.3 Å². The number of hydrogen-bond acceptors (Lipinski definition) is 8. The number of rotatable bonds is 11. The van der Waals surface area contributed by atoms with Gasteiger partial charge in [0.25, 0.3) is 5.91 Å². The van der Waals surface area contributed by atoms with Gasteiger partial charge in [-0.3, -0.25) is 4.79 Å². The van der Waals surface area contributed by atoms with Crippen LogP contribution in [0.25, 0.3) is 36.9 Å². The molecule has 1 amide bonds. The molecule has 1 aromatic carbocycles. The van der Waals surface area contributed by atoms with Gasteiger partial charge in [0.1, 0.15) is 6.73 Å². The molecule has 1 aromatic rings. The van der Waals surface area contributed by atoms with Crippen LogP contribution in [0.2, 0.25) is 0 Å². The van der Waals surface area contributed by atoms with E-state index in [4.69, 9.17) is 27.1 Å². The van der Waals surface area contributed by atoms with Crippen molar-refractivity contribution in [3.63, 3.8) is 0 Å². The Bertz CT molecular complexity index is 1040. The summed E-state index contributed by atoms with van der Waals surface area (Å²) in [6.07, 6.45) is 2.44. The minimum absolute atomic E-state index is 0.00841. The smallest absolute Gasteiger partial charge is 0.255 e. The molecule has 2 rings (SSSR count). The molecule has 0 aromatic heterocycles. The Morgan fingerprint density at radius 3 is 2.36 bits per heavy atom. The quantitative estimate of drug-likeness (QED) is 0.162. The van der Waals surface area contributed by atoms with Crippen LogP contribution in [0.4, 0.5) is 0 Å². The second kappa shape index (κ2) is 13.2. The van der Waals surface area contributed by atoms with Crippen molar-refractivity contribution in [1.29, 1.82) is 0 Å². The first-order chi connectivity index (χ1) is 16.0. The Hall–Kier alpha value is -4.28. The predicted molar refractivity (Wildman–Crippen MR) is 118 cm³/mol. The van der Waals surface area contributed by atoms with Crippen LogP contribution in [0.15, 0.2) is 44.5 Å². The maximum atomic E-state index is 13.1. The van der Waals surface area contributed by atoms with E-state index in [0.29, 0.717) is 36.8 Å². The van der Waals surface area contributed by atoms with Gasteiger partial charge in [-0.1, -0.05) is 33.5 Å². The highest BCUT2D eigenvalue weighted by atomic mass is 16.5. The van der Waals surface area contributed by atoms with E-state index in [1.165, 1.54) is 0 Å². The number of hydrogen-bond donors (Lipinski definition) is 2. The van der Waals surface area contributed by atoms with Crippen LogP contribution < -0.4 is 11.1 Å². The molecule has 3 N–H and O–H groups in total. The first-order valence-corrected chi connectivity index (χ1v) is 9.94. The van der Waals surface area contributed by atoms with Crippen molar-refractivity contribution in [2.45, 2.75) is 50.9 Å². The van der Waals surface area contributed by atoms with Crippen LogP contribution in [0.1, 0.15) is 42.4 Å². The molecule has 0 heterocycles. The summed E-state index contributed by atoms with van der Waals surface area (Å²) in [6, 6.07) is 4.60. The molecule has 0 radical (unpaired) electrons. The summed E-state index contributed by atoms with van der Waals surface area (Å²) in [4.78, 5) is 32.5. The lowest BCUT2D eigenvalue weighted by Crippen LogP contribution is -2.40. The standard InChI is InChI=1S/C18H22N12O3/c19-17(27-32)16(15-7-11(8-23-28-20)1-2-12(15)9-24-29-21)18(31)26-13-3-5-14(6-4-13)33-10-25-30-22/h1-2,7,13-14H,3-6,8-10,19H2,(H,26,31)/b17-16+/t13-,14+. The van der Waals surface area contributed by atoms with Gasteiger partial charge >= 0.3 is 0 Å². The number of amides is 1. The molecule has 33 heavy (non-hydrogen) atoms. The number of ether oxygens (including phenoxy) is 1. The van der Waals surface area contributed by atoms with E-state index in [9.17, 15) is 9.70 Å². The third-order valence-electron chi connectivity index (χ3n) is 5.09. The van der Waals surface area contributed by atoms with E-state index in [1.54, 1.807) is 18.2 Å². The highest BCUT2D eigenvalue weighted by Crippen LogP contribution is 2.27. The highest BCUT2D eigenvalue weighted by Gasteiger charge is 2.26. The number of nitrogens with zero attached hydrogens (tertiary/aromatic N) is 10. The van der Waals surface area contributed by atoms with Gasteiger partial charge in [0, 0.05) is 20.8 Å². The molecule has 15 nitrogen and oxygen atoms in total. The monoisotopic (exact) mass is 454 g/mol. The third kappa shape index (κ3) is 7.42. The Morgan fingerprint density at radius 2 is 1.73 bits per heavy atom. The van der Waals surface area contributed by atoms with Crippen LogP contribution in [0, 0.1) is 4.91 Å². The Labute approximate surface area is 187 Å². The number of carbonyl (C=O) groups is 1. The fourth-order valence-electron chi connectivity index (χ4n) is 3.53. The van der Waals surface area contributed by atoms with Crippen LogP contribution in [0.3, 0.4) is 0 Å². The second-order valence-corrected chi connectivity index (χ2v) is 7.09. The van der Waals surface area contributed by atoms with Gasteiger partial charge in [0.2, 0.25) is 0 Å². The van der Waals surface area contributed by atoms with Crippen molar-refractivity contribution in [1.82, 2.24) is 5.32 Å². The molecule has 0 unspecified atom stereocenters. The molecule has 0 saturated heterocycles. The fourth-order valence-corrected chi connectivity index (χ4v) is 3.53. The van der Waals surface area contributed by atoms with Gasteiger partial charge in [-0.2, -0.15) is 0 Å². The molecule has 1 saturated carbocycles. The number of benzene rings is 1. The molecular weight excluding hydrogens is 432 g/mol. The lowest BCUT2D eigenvalue weighted by atomic mass is 9.91. The lowest BCUT2D eigenvalue weighted by molar-refractivity contribution is -0.116. The maximum Gasteiger partial charge on any atom is 0.255 e. The second-order valence-electron chi connectivity index (χ2n) is 7.09. The van der Waals surface area contributed by atoms with Gasteiger partial charge < -0.3 is 15.8 Å². The molecule has 15 heteroatoms. The zero-order valence-electron chi connectivity index (χ0n) is 17.6. The van der Waals surface area contributed by atoms with Crippen molar-refractivity contribution in [3.05, 3.63) is 76.9 Å². The largest absolute Gasteiger partial charge is 0.380 e. The third-order valence-corrected chi connectivity index (χ3v) is 5.09. The number of nitroso groups, excluding NO2 is 1. The number of carbonyl (C=O) groups excluding carboxylic acids is 1. The molecule has 1 aliphatic carbocycles. The van der Waals surface area contributed by atoms with E-state index < -0.39 is 11.7 Å². The topological polar surface area (TPSA) is 240 Å². The summed E-state index contributed by atoms with van der Waals surface area (Å²) in [5.41, 5.74) is 32.5. The van der Waals surface area contributed by atoms with E-state index in [2.05, 4.69) is 40.6 Å². The zero-order chi connectivity index (χ0) is 24.1. The van der Waals surface area contributed by atoms with Gasteiger partial charge in [-0.05, 0) is 64.1 Å². The van der Waals surface area contributed by atoms with Gasteiger partial charge in [-0.15, -0.1) is 4.91 Å². The lowest BCUT2D eigenvalue weighted by Gasteiger charge is -2.29. The average Bonchev–Trinajstić information content (AvgIpc) is 2.83. The van der Waals surface area contributed by atoms with E-state index in [1.807, 2.05) is 0 Å². The molecule has 0 aliphatic heterocycles. The predicted octanol–water partition coefficient (Wildman–Crippen LogP) is 4.41. The Morgan fingerprint density at radius 1 is 1.06 bits per heavy atom. The molecule has 0 spiro atoms. The van der Waals surface area contributed by atoms with E-state index in [-0.39, 0.29) is 43.1 Å². The molecule has 0 bridgehead atoms. The Balaban J connectivity index is 2.26. The first kappa shape index (κ1) is 25.0. The molecular formula is C18H22N12O3. The minimum atomic E-state index is -0.603. The van der Waals surface area contributed by atoms with Crippen molar-refractivity contribution >= 4 is 11.5 Å². The van der Waals surface area contributed by atoms with Gasteiger partial charge in [0.15, 0.2) is 5.82 Å². The molecule has 1 fully saturated rings. The highest BCUT2D eigenvalue weighted by molar-refractivity contribution is 6.20. The minimum Gasteiger partial charge on any atom is -0.380 e. The number of nitrogens with two attached hydrogens (primary N) is 1. The number of azide groups is 3. The maximum absolute atomic E-state index is 13.1. The van der Waals surface area contributed by atoms with Gasteiger partial charge in [0.05, 0.1) is 24.8 Å². The van der Waals surface area contributed by atoms with E-state index in [0.717, 1.165) is 0 Å². The first-order valence-electron chi connectivity index (χ1n) is 9.94. The van der Waals surface area contributed by atoms with Crippen LogP contribution >= 0.6 is 0 Å². The summed E-state index contributed by atoms with van der Waals surface area (Å²) in [5, 5.41) is 16.0. The summed E-state index contributed by atoms with van der Waals surface area (Å²) in [5.74, 6) is -1.13. The van der Waals surface area contributed by atoms with E-state index >= 15 is 0 Å². The zero-order valence-corrected chi connectivity index (χ0v) is 17.6. The number of nitrogens with one attached hydrogen (secondary N) is 1. The SMILES string of the molecule is [N-]=[N+]=NCO[C@H]1CC[C@@H](NC(=O)/C(=C(\N)N=O)c2cc(CN=[N+]=[N-])ccc2CN=[N+]=[N-])CC1. The molecule has 1 aliphatic rings. The van der Waals surface area contributed by atoms with Crippen molar-refractivity contribution < 1.29 is 9.53 Å². The van der Waals surface area contributed by atoms with Crippen molar-refractivity contribution in [2.75, 3.05) is 6.73 Å². The Kier molecular flexibility index (Phi) is 9.99. The van der Waals surface area contributed by atoms with Crippen LogP contribution in [-0.4, -0.2) is 24.8 Å². The average molecular weight is 454 g/mol. The van der Waals surface area contributed by atoms with Crippen LogP contribution in [0.5, 0.6) is 0 Å². The van der Waals surface area contributed by atoms with Crippen molar-refractivity contribution in [3.8, 4) is 0 Å². The molecule has 172 valence electrons. The van der Waals surface area contributed by atoms with Crippen LogP contribution in [-0.2, 0) is 22.6 Å². The van der Waals surface area contributed by atoms with Gasteiger partial charge in [-0.25, -0.2) is 0 Å². The summed E-state index contributed by atoms with van der Waals surface area (Å²) in [6.45, 7) is -0.134.